The van der Waals surface area contributed by atoms with Crippen molar-refractivity contribution in [1.29, 1.82) is 0 Å². The molecule has 0 atom stereocenters. The fourth-order valence-corrected chi connectivity index (χ4v) is 9.49. The van der Waals surface area contributed by atoms with Crippen molar-refractivity contribution in [2.24, 2.45) is 0 Å². The summed E-state index contributed by atoms with van der Waals surface area (Å²) in [6, 6.07) is 0. The molecule has 6 aliphatic rings. The summed E-state index contributed by atoms with van der Waals surface area (Å²) in [5.41, 5.74) is 0. The van der Waals surface area contributed by atoms with Crippen molar-refractivity contribution in [2.45, 2.75) is 212 Å². The van der Waals surface area contributed by atoms with Crippen LogP contribution >= 0.6 is 0 Å². The topological polar surface area (TPSA) is 0 Å². The number of fused-ring (bicyclic) bond motifs is 4. The Morgan fingerprint density at radius 2 is 0.558 bits per heavy atom. The van der Waals surface area contributed by atoms with Crippen LogP contribution in [0.4, 0.5) is 0 Å². The molecule has 0 aromatic carbocycles. The maximum Gasteiger partial charge on any atom is 0 e. The van der Waals surface area contributed by atoms with E-state index in [0.717, 1.165) is 0 Å². The summed E-state index contributed by atoms with van der Waals surface area (Å²) in [6.07, 6.45) is 28.0. The molecule has 0 amide bonds. The number of hydrogen-bond donors (Lipinski definition) is 0. The first kappa shape index (κ1) is 49.2. The molecule has 2 heteroatoms. The summed E-state index contributed by atoms with van der Waals surface area (Å²) < 4.78 is 0. The van der Waals surface area contributed by atoms with Gasteiger partial charge in [0, 0.05) is 33.6 Å². The van der Waals surface area contributed by atoms with Gasteiger partial charge < -0.3 is 0 Å². The summed E-state index contributed by atoms with van der Waals surface area (Å²) in [7, 11) is 0. The van der Waals surface area contributed by atoms with Gasteiger partial charge in [-0.3, -0.25) is 0 Å². The smallest absolute Gasteiger partial charge is 0 e. The molecule has 0 aromatic rings. The average Bonchev–Trinajstić information content (AvgIpc) is 3.38. The van der Waals surface area contributed by atoms with Gasteiger partial charge in [0.05, 0.1) is 0 Å². The third kappa shape index (κ3) is 12.0. The zero-order valence-electron chi connectivity index (χ0n) is 35.8. The molecule has 294 valence electrons. The van der Waals surface area contributed by atoms with Crippen LogP contribution in [0.15, 0.2) is 0 Å². The first-order valence-electron chi connectivity index (χ1n) is 21.2. The van der Waals surface area contributed by atoms with E-state index < -0.39 is 0 Å². The molecule has 0 heterocycles. The van der Waals surface area contributed by atoms with Crippen molar-refractivity contribution in [3.63, 3.8) is 0 Å². The molecular weight excluding hydrogens is 718 g/mol. The molecule has 6 fully saturated rings. The van der Waals surface area contributed by atoms with E-state index in [0.29, 0.717) is 0 Å². The largest absolute Gasteiger partial charge is 0.0654 e. The van der Waals surface area contributed by atoms with Crippen LogP contribution in [0.2, 0.25) is 0 Å². The van der Waals surface area contributed by atoms with Gasteiger partial charge in [-0.15, -0.1) is 0 Å². The molecule has 6 aliphatic carbocycles. The fourth-order valence-electron chi connectivity index (χ4n) is 9.49. The van der Waals surface area contributed by atoms with Gasteiger partial charge in [0.1, 0.15) is 0 Å². The van der Waals surface area contributed by atoms with Crippen molar-refractivity contribution < 1.29 is 33.6 Å². The zero-order chi connectivity index (χ0) is 36.5. The van der Waals surface area contributed by atoms with Crippen molar-refractivity contribution >= 4 is 0 Å². The Bertz CT molecular complexity index is 776. The van der Waals surface area contributed by atoms with Crippen LogP contribution in [0.25, 0.3) is 0 Å². The zero-order valence-corrected chi connectivity index (χ0v) is 37.9. The molecule has 6 saturated carbocycles. The van der Waals surface area contributed by atoms with Crippen molar-refractivity contribution in [3.8, 4) is 0 Å². The minimum absolute atomic E-state index is 0. The van der Waals surface area contributed by atoms with Gasteiger partial charge in [0.15, 0.2) is 0 Å². The third-order valence-electron chi connectivity index (χ3n) is 14.1. The number of rotatable bonds is 5. The van der Waals surface area contributed by atoms with E-state index in [1.807, 2.05) is 29.6 Å². The number of unbranched alkanes of at least 4 members (excludes halogenated alkanes) is 3. The van der Waals surface area contributed by atoms with Crippen LogP contribution in [0.1, 0.15) is 212 Å². The second kappa shape index (κ2) is 24.1. The Morgan fingerprint density at radius 1 is 0.288 bits per heavy atom. The summed E-state index contributed by atoms with van der Waals surface area (Å²) >= 11 is 0. The molecule has 0 N–H and O–H groups in total. The minimum atomic E-state index is 0. The SMILES string of the molecule is CCCCCC[C]1[C]2CCCCC[C]3[C](C)[C]4CCCCC[C]1[C]2CCCCC[C]34.C[C]1[C](C)[C](C)[C](C)[C]1C.C[C]1[C](C)[C](C)[C](C)[C]1C.[Co].[Co]. The van der Waals surface area contributed by atoms with Gasteiger partial charge in [0.25, 0.3) is 0 Å². The van der Waals surface area contributed by atoms with Crippen LogP contribution in [-0.2, 0) is 33.6 Å². The van der Waals surface area contributed by atoms with Gasteiger partial charge in [0.2, 0.25) is 0 Å². The molecule has 0 nitrogen and oxygen atoms in total. The van der Waals surface area contributed by atoms with Crippen LogP contribution in [-0.4, -0.2) is 0 Å². The van der Waals surface area contributed by atoms with Crippen LogP contribution in [0.5, 0.6) is 0 Å². The fraction of sp³-hybridized carbons (Fsp3) is 0.640. The maximum atomic E-state index is 2.43. The summed E-state index contributed by atoms with van der Waals surface area (Å²) in [6.45, 7) is 26.8. The van der Waals surface area contributed by atoms with E-state index in [2.05, 4.69) is 83.1 Å². The molecule has 0 spiro atoms. The third-order valence-corrected chi connectivity index (χ3v) is 14.1. The second-order valence-corrected chi connectivity index (χ2v) is 16.7. The first-order valence-corrected chi connectivity index (χ1v) is 21.2. The van der Waals surface area contributed by atoms with Gasteiger partial charge in [-0.2, -0.15) is 0 Å². The molecular formula is C50H76Co2. The van der Waals surface area contributed by atoms with Crippen LogP contribution < -0.4 is 0 Å². The van der Waals surface area contributed by atoms with Gasteiger partial charge in [-0.05, 0) is 151 Å². The molecule has 2 bridgehead atoms. The van der Waals surface area contributed by atoms with Crippen molar-refractivity contribution in [3.05, 3.63) is 107 Å². The summed E-state index contributed by atoms with van der Waals surface area (Å²) in [4.78, 5) is 0. The molecule has 6 rings (SSSR count). The Balaban J connectivity index is 0.000000349. The van der Waals surface area contributed by atoms with Gasteiger partial charge in [-0.1, -0.05) is 167 Å². The van der Waals surface area contributed by atoms with E-state index in [1.54, 1.807) is 17.8 Å². The van der Waals surface area contributed by atoms with Gasteiger partial charge >= 0.3 is 0 Å². The van der Waals surface area contributed by atoms with E-state index in [-0.39, 0.29) is 33.6 Å². The van der Waals surface area contributed by atoms with Crippen molar-refractivity contribution in [1.82, 2.24) is 0 Å². The molecule has 0 aromatic heterocycles. The second-order valence-electron chi connectivity index (χ2n) is 16.7. The minimum Gasteiger partial charge on any atom is -0.0654 e. The summed E-state index contributed by atoms with van der Waals surface area (Å²) in [5.74, 6) is 29.2. The molecule has 20 radical (unpaired) electrons. The predicted octanol–water partition coefficient (Wildman–Crippen LogP) is 15.4. The Labute approximate surface area is 349 Å². The van der Waals surface area contributed by atoms with E-state index in [4.69, 9.17) is 0 Å². The van der Waals surface area contributed by atoms with Crippen LogP contribution in [0, 0.1) is 107 Å². The van der Waals surface area contributed by atoms with Crippen molar-refractivity contribution in [2.75, 3.05) is 0 Å². The molecule has 0 aliphatic heterocycles. The summed E-state index contributed by atoms with van der Waals surface area (Å²) in [5, 5.41) is 0. The number of hydrogen-bond acceptors (Lipinski definition) is 0. The molecule has 52 heavy (non-hydrogen) atoms. The predicted molar refractivity (Wildman–Crippen MR) is 219 cm³/mol. The molecule has 0 saturated heterocycles. The Kier molecular flexibility index (Phi) is 22.7. The maximum absolute atomic E-state index is 2.43. The Hall–Kier alpha value is 1.01. The van der Waals surface area contributed by atoms with Gasteiger partial charge in [-0.25, -0.2) is 0 Å². The first-order chi connectivity index (χ1) is 23.9. The van der Waals surface area contributed by atoms with E-state index in [1.165, 1.54) is 188 Å². The monoisotopic (exact) mass is 794 g/mol. The van der Waals surface area contributed by atoms with E-state index in [9.17, 15) is 0 Å². The average molecular weight is 795 g/mol. The normalized spacial score (nSPS) is 27.5. The molecule has 0 unspecified atom stereocenters. The van der Waals surface area contributed by atoms with Crippen LogP contribution in [0.3, 0.4) is 0 Å². The standard InChI is InChI=1S/C30H46.2C10H15.2Co/c1-3-4-5-9-19-27-28-20-13-6-10-16-24-23(2)25-17-11-7-14-21-29(27)30(28)22-15-8-12-18-26(24)25;2*1-6-7(2)9(4)10(5)8(6)3;;/h3-22H2,1-2H3;2*1-5H3;;. The quantitative estimate of drug-likeness (QED) is 0.243. The Morgan fingerprint density at radius 3 is 0.865 bits per heavy atom. The van der Waals surface area contributed by atoms with E-state index >= 15 is 0 Å².